The van der Waals surface area contributed by atoms with Crippen LogP contribution in [0.2, 0.25) is 0 Å². The second-order valence-electron chi connectivity index (χ2n) is 7.51. The van der Waals surface area contributed by atoms with Crippen LogP contribution in [0.5, 0.6) is 0 Å². The van der Waals surface area contributed by atoms with Crippen LogP contribution in [0.15, 0.2) is 71.6 Å². The molecule has 3 aromatic rings. The molecule has 178 valence electrons. The molecule has 6 nitrogen and oxygen atoms in total. The number of thioether (sulfide) groups is 1. The Balaban J connectivity index is 0.000000268. The number of sulfonamides is 1. The number of hydrogen-bond acceptors (Lipinski definition) is 6. The number of thiazole rings is 1. The zero-order valence-corrected chi connectivity index (χ0v) is 21.5. The predicted molar refractivity (Wildman–Crippen MR) is 138 cm³/mol. The van der Waals surface area contributed by atoms with Gasteiger partial charge in [-0.2, -0.15) is 4.31 Å². The number of fused-ring (bicyclic) bond motifs is 1. The Kier molecular flexibility index (Phi) is 10.6. The lowest BCUT2D eigenvalue weighted by molar-refractivity contribution is -0.143. The van der Waals surface area contributed by atoms with Crippen LogP contribution in [-0.4, -0.2) is 46.3 Å². The van der Waals surface area contributed by atoms with E-state index in [1.165, 1.54) is 15.1 Å². The van der Waals surface area contributed by atoms with E-state index in [9.17, 15) is 18.3 Å². The summed E-state index contributed by atoms with van der Waals surface area (Å²) in [5, 5.41) is 9.39. The normalized spacial score (nSPS) is 12.4. The SMILES string of the molecule is C=CCS(=O)(=O)N(Cc1ccccc1)[C@@H](C(=O)O)C(C)C.CCSc1nc2ccccc2s1. The van der Waals surface area contributed by atoms with E-state index >= 15 is 0 Å². The van der Waals surface area contributed by atoms with Crippen molar-refractivity contribution in [3.63, 3.8) is 0 Å². The maximum atomic E-state index is 12.4. The number of carbonyl (C=O) groups is 1. The fourth-order valence-corrected chi connectivity index (χ4v) is 6.64. The van der Waals surface area contributed by atoms with E-state index in [0.717, 1.165) is 21.1 Å². The first-order valence-electron chi connectivity index (χ1n) is 10.5. The molecule has 0 aliphatic rings. The highest BCUT2D eigenvalue weighted by Gasteiger charge is 2.36. The number of aliphatic carboxylic acids is 1. The zero-order chi connectivity index (χ0) is 24.4. The number of nitrogens with zero attached hydrogens (tertiary/aromatic N) is 2. The summed E-state index contributed by atoms with van der Waals surface area (Å²) < 4.78 is 28.3. The number of benzene rings is 2. The van der Waals surface area contributed by atoms with Crippen LogP contribution in [0.25, 0.3) is 10.2 Å². The van der Waals surface area contributed by atoms with E-state index in [4.69, 9.17) is 0 Å². The van der Waals surface area contributed by atoms with Gasteiger partial charge in [0.25, 0.3) is 0 Å². The highest BCUT2D eigenvalue weighted by atomic mass is 32.2. The molecule has 3 rings (SSSR count). The molecule has 0 amide bonds. The Hall–Kier alpha value is -2.20. The van der Waals surface area contributed by atoms with Gasteiger partial charge in [-0.05, 0) is 29.4 Å². The topological polar surface area (TPSA) is 87.6 Å². The molecule has 0 radical (unpaired) electrons. The molecule has 0 fully saturated rings. The number of carboxylic acids is 1. The molecule has 9 heteroatoms. The van der Waals surface area contributed by atoms with Crippen molar-refractivity contribution in [1.82, 2.24) is 9.29 Å². The molecule has 0 aliphatic heterocycles. The van der Waals surface area contributed by atoms with Gasteiger partial charge in [0.2, 0.25) is 10.0 Å². The van der Waals surface area contributed by atoms with Gasteiger partial charge in [-0.1, -0.05) is 81.1 Å². The zero-order valence-electron chi connectivity index (χ0n) is 19.0. The Morgan fingerprint density at radius 3 is 2.36 bits per heavy atom. The summed E-state index contributed by atoms with van der Waals surface area (Å²) >= 11 is 3.58. The van der Waals surface area contributed by atoms with E-state index in [2.05, 4.69) is 36.7 Å². The standard InChI is InChI=1S/C15H21NO4S.C9H9NS2/c1-4-10-21(19,20)16(14(12(2)3)15(17)18)11-13-8-6-5-7-9-13;1-2-11-9-10-7-5-3-4-6-8(7)12-9/h4-9,12,14H,1,10-11H2,2-3H3,(H,17,18);3-6H,2H2,1H3/t14-;/m1./s1. The predicted octanol–water partition coefficient (Wildman–Crippen LogP) is 5.52. The average molecular weight is 507 g/mol. The van der Waals surface area contributed by atoms with Crippen LogP contribution in [-0.2, 0) is 21.4 Å². The first-order valence-corrected chi connectivity index (χ1v) is 14.0. The molecule has 0 aliphatic carbocycles. The van der Waals surface area contributed by atoms with Crippen molar-refractivity contribution in [1.29, 1.82) is 0 Å². The van der Waals surface area contributed by atoms with E-state index in [1.54, 1.807) is 49.4 Å². The van der Waals surface area contributed by atoms with Gasteiger partial charge in [0.1, 0.15) is 6.04 Å². The minimum atomic E-state index is -3.73. The quantitative estimate of drug-likeness (QED) is 0.288. The Morgan fingerprint density at radius 2 is 1.82 bits per heavy atom. The van der Waals surface area contributed by atoms with Crippen molar-refractivity contribution in [2.24, 2.45) is 5.92 Å². The van der Waals surface area contributed by atoms with Gasteiger partial charge in [0, 0.05) is 6.54 Å². The smallest absolute Gasteiger partial charge is 0.322 e. The van der Waals surface area contributed by atoms with Gasteiger partial charge in [-0.3, -0.25) is 4.79 Å². The van der Waals surface area contributed by atoms with E-state index in [-0.39, 0.29) is 18.2 Å². The summed E-state index contributed by atoms with van der Waals surface area (Å²) in [6.45, 7) is 9.00. The molecular weight excluding hydrogens is 476 g/mol. The summed E-state index contributed by atoms with van der Waals surface area (Å²) in [5.74, 6) is -0.671. The van der Waals surface area contributed by atoms with Gasteiger partial charge in [0.15, 0.2) is 4.34 Å². The Morgan fingerprint density at radius 1 is 1.18 bits per heavy atom. The third-order valence-corrected chi connectivity index (χ3v) is 8.39. The number of hydrogen-bond donors (Lipinski definition) is 1. The molecule has 0 saturated heterocycles. The molecular formula is C24H30N2O4S3. The largest absolute Gasteiger partial charge is 0.480 e. The molecule has 0 unspecified atom stereocenters. The lowest BCUT2D eigenvalue weighted by Gasteiger charge is -2.30. The number of rotatable bonds is 10. The number of para-hydroxylation sites is 1. The van der Waals surface area contributed by atoms with Crippen molar-refractivity contribution in [2.75, 3.05) is 11.5 Å². The Labute approximate surface area is 204 Å². The number of carboxylic acid groups (broad SMARTS) is 1. The minimum absolute atomic E-state index is 0.0339. The van der Waals surface area contributed by atoms with Crippen LogP contribution in [0.1, 0.15) is 26.3 Å². The maximum Gasteiger partial charge on any atom is 0.322 e. The van der Waals surface area contributed by atoms with E-state index < -0.39 is 22.0 Å². The molecule has 1 heterocycles. The summed E-state index contributed by atoms with van der Waals surface area (Å²) in [7, 11) is -3.73. The number of aromatic nitrogens is 1. The van der Waals surface area contributed by atoms with Crippen LogP contribution in [0, 0.1) is 5.92 Å². The Bertz CT molecular complexity index is 1110. The van der Waals surface area contributed by atoms with Crippen molar-refractivity contribution < 1.29 is 18.3 Å². The summed E-state index contributed by atoms with van der Waals surface area (Å²) in [5.41, 5.74) is 1.87. The third-order valence-electron chi connectivity index (χ3n) is 4.60. The second-order valence-corrected chi connectivity index (χ2v) is 12.0. The minimum Gasteiger partial charge on any atom is -0.480 e. The highest BCUT2D eigenvalue weighted by molar-refractivity contribution is 8.01. The highest BCUT2D eigenvalue weighted by Crippen LogP contribution is 2.28. The maximum absolute atomic E-state index is 12.4. The molecule has 0 spiro atoms. The molecule has 33 heavy (non-hydrogen) atoms. The van der Waals surface area contributed by atoms with Crippen molar-refractivity contribution in [2.45, 2.75) is 37.7 Å². The molecule has 1 atom stereocenters. The van der Waals surface area contributed by atoms with Crippen molar-refractivity contribution >= 4 is 49.3 Å². The van der Waals surface area contributed by atoms with Crippen LogP contribution >= 0.6 is 23.1 Å². The lowest BCUT2D eigenvalue weighted by Crippen LogP contribution is -2.48. The fraction of sp³-hybridized carbons (Fsp3) is 0.333. The lowest BCUT2D eigenvalue weighted by atomic mass is 10.0. The molecule has 2 aromatic carbocycles. The van der Waals surface area contributed by atoms with Crippen LogP contribution in [0.4, 0.5) is 0 Å². The van der Waals surface area contributed by atoms with Crippen LogP contribution < -0.4 is 0 Å². The summed E-state index contributed by atoms with van der Waals surface area (Å²) in [6.07, 6.45) is 1.27. The summed E-state index contributed by atoms with van der Waals surface area (Å²) in [6, 6.07) is 16.1. The van der Waals surface area contributed by atoms with Gasteiger partial charge < -0.3 is 5.11 Å². The first-order chi connectivity index (χ1) is 15.7. The van der Waals surface area contributed by atoms with Crippen molar-refractivity contribution in [3.8, 4) is 0 Å². The third kappa shape index (κ3) is 7.96. The average Bonchev–Trinajstić information content (AvgIpc) is 3.17. The first kappa shape index (κ1) is 27.0. The molecule has 0 saturated carbocycles. The van der Waals surface area contributed by atoms with E-state index in [1.807, 2.05) is 23.9 Å². The molecule has 1 aromatic heterocycles. The van der Waals surface area contributed by atoms with Gasteiger partial charge in [-0.15, -0.1) is 17.9 Å². The van der Waals surface area contributed by atoms with Gasteiger partial charge >= 0.3 is 5.97 Å². The van der Waals surface area contributed by atoms with Crippen LogP contribution in [0.3, 0.4) is 0 Å². The van der Waals surface area contributed by atoms with Gasteiger partial charge in [-0.25, -0.2) is 13.4 Å². The molecule has 1 N–H and O–H groups in total. The second kappa shape index (κ2) is 12.9. The monoisotopic (exact) mass is 506 g/mol. The van der Waals surface area contributed by atoms with Crippen molar-refractivity contribution in [3.05, 3.63) is 72.8 Å². The fourth-order valence-electron chi connectivity index (χ4n) is 3.15. The molecule has 0 bridgehead atoms. The van der Waals surface area contributed by atoms with E-state index in [0.29, 0.717) is 0 Å². The van der Waals surface area contributed by atoms with Gasteiger partial charge in [0.05, 0.1) is 16.0 Å². The summed E-state index contributed by atoms with van der Waals surface area (Å²) in [4.78, 5) is 16.0.